The molecule has 1 amide bonds. The number of aromatic nitrogens is 2. The number of carbonyl (C=O) groups excluding carboxylic acids is 1. The zero-order valence-corrected chi connectivity index (χ0v) is 10.4. The summed E-state index contributed by atoms with van der Waals surface area (Å²) in [7, 11) is 0. The predicted octanol–water partition coefficient (Wildman–Crippen LogP) is -0.0307. The number of hydrogen-bond donors (Lipinski definition) is 2. The Morgan fingerprint density at radius 1 is 1.61 bits per heavy atom. The van der Waals surface area contributed by atoms with Crippen molar-refractivity contribution in [1.82, 2.24) is 14.9 Å². The molecule has 2 heterocycles. The quantitative estimate of drug-likeness (QED) is 0.788. The van der Waals surface area contributed by atoms with Gasteiger partial charge in [0, 0.05) is 25.3 Å². The molecule has 0 bridgehead atoms. The van der Waals surface area contributed by atoms with Crippen LogP contribution in [-0.4, -0.2) is 39.9 Å². The third-order valence-corrected chi connectivity index (χ3v) is 3.33. The summed E-state index contributed by atoms with van der Waals surface area (Å²) >= 11 is 0. The summed E-state index contributed by atoms with van der Waals surface area (Å²) in [5.74, 6) is 0.196. The van der Waals surface area contributed by atoms with Gasteiger partial charge in [-0.2, -0.15) is 0 Å². The minimum atomic E-state index is -0.312. The smallest absolute Gasteiger partial charge is 0.274 e. The lowest BCUT2D eigenvalue weighted by atomic mass is 9.99. The molecule has 1 fully saturated rings. The highest BCUT2D eigenvalue weighted by Gasteiger charge is 2.32. The van der Waals surface area contributed by atoms with Gasteiger partial charge in [0.2, 0.25) is 0 Å². The van der Waals surface area contributed by atoms with Crippen molar-refractivity contribution in [2.24, 2.45) is 11.7 Å². The second kappa shape index (κ2) is 5.30. The minimum Gasteiger partial charge on any atom is -0.335 e. The largest absolute Gasteiger partial charge is 0.335 e. The monoisotopic (exact) mass is 250 g/mol. The molecule has 0 spiro atoms. The van der Waals surface area contributed by atoms with Crippen LogP contribution >= 0.6 is 0 Å². The van der Waals surface area contributed by atoms with E-state index in [0.29, 0.717) is 19.0 Å². The highest BCUT2D eigenvalue weighted by atomic mass is 16.2. The number of nitrogens with one attached hydrogen (secondary N) is 1. The molecule has 1 aromatic rings. The Morgan fingerprint density at radius 2 is 2.39 bits per heavy atom. The highest BCUT2D eigenvalue weighted by Crippen LogP contribution is 2.21. The van der Waals surface area contributed by atoms with Crippen LogP contribution in [0.2, 0.25) is 0 Å². The van der Waals surface area contributed by atoms with Gasteiger partial charge >= 0.3 is 0 Å². The Labute approximate surface area is 105 Å². The van der Waals surface area contributed by atoms with E-state index in [1.165, 1.54) is 6.20 Å². The van der Waals surface area contributed by atoms with Gasteiger partial charge in [-0.1, -0.05) is 13.3 Å². The van der Waals surface area contributed by atoms with Gasteiger partial charge in [0.1, 0.15) is 5.69 Å². The van der Waals surface area contributed by atoms with Crippen LogP contribution in [0, 0.1) is 5.92 Å². The van der Waals surface area contributed by atoms with Gasteiger partial charge in [-0.3, -0.25) is 9.59 Å². The molecule has 0 aromatic carbocycles. The third-order valence-electron chi connectivity index (χ3n) is 3.33. The molecule has 0 radical (unpaired) electrons. The van der Waals surface area contributed by atoms with Crippen LogP contribution in [0.5, 0.6) is 0 Å². The number of aromatic amines is 1. The molecule has 1 saturated heterocycles. The molecular formula is C12H18N4O2. The number of hydrogen-bond acceptors (Lipinski definition) is 4. The molecule has 18 heavy (non-hydrogen) atoms. The van der Waals surface area contributed by atoms with Crippen molar-refractivity contribution >= 4 is 5.91 Å². The molecular weight excluding hydrogens is 232 g/mol. The maximum Gasteiger partial charge on any atom is 0.274 e. The van der Waals surface area contributed by atoms with E-state index in [2.05, 4.69) is 16.9 Å². The lowest BCUT2D eigenvalue weighted by Gasteiger charge is -2.15. The number of amides is 1. The van der Waals surface area contributed by atoms with Gasteiger partial charge < -0.3 is 15.6 Å². The van der Waals surface area contributed by atoms with E-state index in [9.17, 15) is 9.59 Å². The maximum atomic E-state index is 12.1. The molecule has 6 nitrogen and oxygen atoms in total. The van der Waals surface area contributed by atoms with Crippen molar-refractivity contribution < 1.29 is 4.79 Å². The first-order chi connectivity index (χ1) is 8.61. The van der Waals surface area contributed by atoms with E-state index >= 15 is 0 Å². The zero-order chi connectivity index (χ0) is 13.1. The lowest BCUT2D eigenvalue weighted by Crippen LogP contribution is -2.33. The van der Waals surface area contributed by atoms with Crippen LogP contribution in [-0.2, 0) is 0 Å². The molecule has 1 aliphatic rings. The van der Waals surface area contributed by atoms with E-state index in [-0.39, 0.29) is 23.2 Å². The standard InChI is InChI=1S/C12H18N4O2/c1-2-3-8-6-16(7-9(8)13)12(18)10-4-15-11(17)5-14-10/h4-5,8-9H,2-3,6-7,13H2,1H3,(H,15,17)/t8-,9-/m0/s1. The van der Waals surface area contributed by atoms with E-state index in [0.717, 1.165) is 19.0 Å². The number of carbonyl (C=O) groups is 1. The van der Waals surface area contributed by atoms with Crippen LogP contribution in [0.25, 0.3) is 0 Å². The van der Waals surface area contributed by atoms with E-state index < -0.39 is 0 Å². The Morgan fingerprint density at radius 3 is 3.00 bits per heavy atom. The third kappa shape index (κ3) is 2.59. The molecule has 6 heteroatoms. The van der Waals surface area contributed by atoms with Crippen molar-refractivity contribution in [3.63, 3.8) is 0 Å². The Bertz CT molecular complexity index is 465. The fourth-order valence-electron chi connectivity index (χ4n) is 2.36. The number of rotatable bonds is 3. The maximum absolute atomic E-state index is 12.1. The van der Waals surface area contributed by atoms with Crippen LogP contribution in [0.3, 0.4) is 0 Å². The van der Waals surface area contributed by atoms with Gasteiger partial charge in [-0.15, -0.1) is 0 Å². The van der Waals surface area contributed by atoms with Gasteiger partial charge in [0.25, 0.3) is 11.5 Å². The molecule has 1 aliphatic heterocycles. The second-order valence-electron chi connectivity index (χ2n) is 4.72. The first-order valence-corrected chi connectivity index (χ1v) is 6.21. The SMILES string of the molecule is CCC[C@H]1CN(C(=O)c2c[nH]c(=O)cn2)C[C@@H]1N. The summed E-state index contributed by atoms with van der Waals surface area (Å²) in [6.45, 7) is 3.35. The predicted molar refractivity (Wildman–Crippen MR) is 67.1 cm³/mol. The van der Waals surface area contributed by atoms with Crippen molar-refractivity contribution in [3.05, 3.63) is 28.4 Å². The van der Waals surface area contributed by atoms with Crippen LogP contribution in [0.15, 0.2) is 17.2 Å². The molecule has 0 saturated carbocycles. The van der Waals surface area contributed by atoms with Gasteiger partial charge in [0.05, 0.1) is 6.20 Å². The number of nitrogens with zero attached hydrogens (tertiary/aromatic N) is 2. The zero-order valence-electron chi connectivity index (χ0n) is 10.4. The fraction of sp³-hybridized carbons (Fsp3) is 0.583. The fourth-order valence-corrected chi connectivity index (χ4v) is 2.36. The van der Waals surface area contributed by atoms with Gasteiger partial charge in [-0.25, -0.2) is 4.98 Å². The Kier molecular flexibility index (Phi) is 3.76. The van der Waals surface area contributed by atoms with Crippen molar-refractivity contribution in [2.45, 2.75) is 25.8 Å². The van der Waals surface area contributed by atoms with E-state index in [1.54, 1.807) is 4.90 Å². The average Bonchev–Trinajstić information content (AvgIpc) is 2.72. The van der Waals surface area contributed by atoms with E-state index in [4.69, 9.17) is 5.73 Å². The molecule has 98 valence electrons. The Hall–Kier alpha value is -1.69. The van der Waals surface area contributed by atoms with E-state index in [1.807, 2.05) is 0 Å². The average molecular weight is 250 g/mol. The van der Waals surface area contributed by atoms with Crippen molar-refractivity contribution in [2.75, 3.05) is 13.1 Å². The molecule has 2 atom stereocenters. The summed E-state index contributed by atoms with van der Waals surface area (Å²) < 4.78 is 0. The molecule has 0 unspecified atom stereocenters. The lowest BCUT2D eigenvalue weighted by molar-refractivity contribution is 0.0779. The van der Waals surface area contributed by atoms with Crippen LogP contribution < -0.4 is 11.3 Å². The summed E-state index contributed by atoms with van der Waals surface area (Å²) in [4.78, 5) is 31.0. The van der Waals surface area contributed by atoms with Crippen LogP contribution in [0.1, 0.15) is 30.3 Å². The molecule has 1 aromatic heterocycles. The first kappa shape index (κ1) is 12.8. The minimum absolute atomic E-state index is 0.0386. The van der Waals surface area contributed by atoms with Crippen molar-refractivity contribution in [3.8, 4) is 0 Å². The number of likely N-dealkylation sites (tertiary alicyclic amines) is 1. The summed E-state index contributed by atoms with van der Waals surface area (Å²) in [6.07, 6.45) is 4.57. The van der Waals surface area contributed by atoms with Crippen LogP contribution in [0.4, 0.5) is 0 Å². The first-order valence-electron chi connectivity index (χ1n) is 6.21. The normalized spacial score (nSPS) is 23.3. The topological polar surface area (TPSA) is 92.1 Å². The molecule has 0 aliphatic carbocycles. The summed E-state index contributed by atoms with van der Waals surface area (Å²) in [6, 6.07) is 0.0386. The number of H-pyrrole nitrogens is 1. The van der Waals surface area contributed by atoms with Gasteiger partial charge in [0.15, 0.2) is 0 Å². The second-order valence-corrected chi connectivity index (χ2v) is 4.72. The number of nitrogens with two attached hydrogens (primary N) is 1. The summed E-state index contributed by atoms with van der Waals surface area (Å²) in [5.41, 5.74) is 5.97. The van der Waals surface area contributed by atoms with Gasteiger partial charge in [-0.05, 0) is 12.3 Å². The summed E-state index contributed by atoms with van der Waals surface area (Å²) in [5, 5.41) is 0. The molecule has 3 N–H and O–H groups in total. The highest BCUT2D eigenvalue weighted by molar-refractivity contribution is 5.92. The molecule has 2 rings (SSSR count). The Balaban J connectivity index is 2.07. The van der Waals surface area contributed by atoms with Crippen molar-refractivity contribution in [1.29, 1.82) is 0 Å².